The van der Waals surface area contributed by atoms with Crippen LogP contribution in [0.4, 0.5) is 4.39 Å². The summed E-state index contributed by atoms with van der Waals surface area (Å²) in [6.07, 6.45) is 9.48. The first-order valence-electron chi connectivity index (χ1n) is 7.90. The number of hydrogen-bond acceptors (Lipinski definition) is 0. The lowest BCUT2D eigenvalue weighted by molar-refractivity contribution is 0.298. The Bertz CT molecular complexity index is 358. The van der Waals surface area contributed by atoms with E-state index in [1.807, 2.05) is 12.1 Å². The fourth-order valence-electron chi connectivity index (χ4n) is 3.33. The Hall–Kier alpha value is -0.850. The monoisotopic (exact) mass is 262 g/mol. The maximum atomic E-state index is 12.9. The van der Waals surface area contributed by atoms with E-state index < -0.39 is 0 Å². The van der Waals surface area contributed by atoms with Gasteiger partial charge < -0.3 is 0 Å². The molecule has 0 unspecified atom stereocenters. The smallest absolute Gasteiger partial charge is 0.123 e. The minimum atomic E-state index is -0.119. The minimum absolute atomic E-state index is 0.119. The van der Waals surface area contributed by atoms with Gasteiger partial charge in [0.15, 0.2) is 0 Å². The highest BCUT2D eigenvalue weighted by Gasteiger charge is 2.22. The van der Waals surface area contributed by atoms with Crippen molar-refractivity contribution >= 4 is 0 Å². The van der Waals surface area contributed by atoms with Crippen LogP contribution in [0.25, 0.3) is 0 Å². The van der Waals surface area contributed by atoms with Crippen molar-refractivity contribution in [1.82, 2.24) is 0 Å². The van der Waals surface area contributed by atoms with Gasteiger partial charge in [0.1, 0.15) is 5.82 Å². The molecule has 0 saturated heterocycles. The van der Waals surface area contributed by atoms with E-state index in [0.29, 0.717) is 5.92 Å². The fraction of sp³-hybridized carbons (Fsp3) is 0.667. The SMILES string of the molecule is CC(C)CCCC1CCC(c2ccc(F)cc2)CC1. The molecule has 0 bridgehead atoms. The molecule has 2 rings (SSSR count). The van der Waals surface area contributed by atoms with E-state index >= 15 is 0 Å². The molecule has 1 fully saturated rings. The summed E-state index contributed by atoms with van der Waals surface area (Å²) in [6, 6.07) is 7.15. The highest BCUT2D eigenvalue weighted by atomic mass is 19.1. The van der Waals surface area contributed by atoms with Gasteiger partial charge in [0.2, 0.25) is 0 Å². The summed E-state index contributed by atoms with van der Waals surface area (Å²) in [5, 5.41) is 0. The first-order valence-corrected chi connectivity index (χ1v) is 7.90. The average Bonchev–Trinajstić information content (AvgIpc) is 2.40. The average molecular weight is 262 g/mol. The molecule has 106 valence electrons. The molecule has 0 spiro atoms. The molecular formula is C18H27F. The number of halogens is 1. The van der Waals surface area contributed by atoms with E-state index in [1.165, 1.54) is 50.5 Å². The molecular weight excluding hydrogens is 235 g/mol. The third-order valence-corrected chi connectivity index (χ3v) is 4.58. The standard InChI is InChI=1S/C18H27F/c1-14(2)4-3-5-15-6-8-16(9-7-15)17-10-12-18(19)13-11-17/h10-16H,3-9H2,1-2H3. The van der Waals surface area contributed by atoms with Crippen molar-refractivity contribution in [2.45, 2.75) is 64.7 Å². The maximum Gasteiger partial charge on any atom is 0.123 e. The van der Waals surface area contributed by atoms with Crippen LogP contribution in [-0.2, 0) is 0 Å². The molecule has 1 saturated carbocycles. The first-order chi connectivity index (χ1) is 9.15. The third kappa shape index (κ3) is 4.63. The van der Waals surface area contributed by atoms with E-state index in [2.05, 4.69) is 13.8 Å². The van der Waals surface area contributed by atoms with E-state index in [0.717, 1.165) is 11.8 Å². The lowest BCUT2D eigenvalue weighted by atomic mass is 9.77. The molecule has 1 aliphatic rings. The lowest BCUT2D eigenvalue weighted by Gasteiger charge is -2.29. The molecule has 0 radical (unpaired) electrons. The van der Waals surface area contributed by atoms with Crippen molar-refractivity contribution < 1.29 is 4.39 Å². The molecule has 1 aromatic carbocycles. The Morgan fingerprint density at radius 3 is 2.26 bits per heavy atom. The summed E-state index contributed by atoms with van der Waals surface area (Å²) in [4.78, 5) is 0. The molecule has 0 heterocycles. The van der Waals surface area contributed by atoms with E-state index in [4.69, 9.17) is 0 Å². The molecule has 1 aliphatic carbocycles. The normalized spacial score (nSPS) is 23.8. The topological polar surface area (TPSA) is 0 Å². The Balaban J connectivity index is 1.74. The Morgan fingerprint density at radius 1 is 1.05 bits per heavy atom. The molecule has 0 aliphatic heterocycles. The number of benzene rings is 1. The van der Waals surface area contributed by atoms with Crippen molar-refractivity contribution in [3.8, 4) is 0 Å². The van der Waals surface area contributed by atoms with Gasteiger partial charge in [-0.05, 0) is 61.1 Å². The van der Waals surface area contributed by atoms with Gasteiger partial charge in [0, 0.05) is 0 Å². The van der Waals surface area contributed by atoms with Gasteiger partial charge >= 0.3 is 0 Å². The zero-order valence-corrected chi connectivity index (χ0v) is 12.4. The fourth-order valence-corrected chi connectivity index (χ4v) is 3.33. The van der Waals surface area contributed by atoms with E-state index in [1.54, 1.807) is 12.1 Å². The molecule has 1 aromatic rings. The van der Waals surface area contributed by atoms with Crippen molar-refractivity contribution in [2.24, 2.45) is 11.8 Å². The highest BCUT2D eigenvalue weighted by Crippen LogP contribution is 2.37. The summed E-state index contributed by atoms with van der Waals surface area (Å²) >= 11 is 0. The van der Waals surface area contributed by atoms with E-state index in [9.17, 15) is 4.39 Å². The zero-order chi connectivity index (χ0) is 13.7. The largest absolute Gasteiger partial charge is 0.207 e. The van der Waals surface area contributed by atoms with Crippen LogP contribution in [0.1, 0.15) is 70.3 Å². The van der Waals surface area contributed by atoms with Crippen LogP contribution in [-0.4, -0.2) is 0 Å². The molecule has 0 aromatic heterocycles. The summed E-state index contributed by atoms with van der Waals surface area (Å²) in [5.74, 6) is 2.33. The number of hydrogen-bond donors (Lipinski definition) is 0. The van der Waals surface area contributed by atoms with E-state index in [-0.39, 0.29) is 5.82 Å². The Labute approximate surface area is 117 Å². The van der Waals surface area contributed by atoms with Crippen LogP contribution in [0.2, 0.25) is 0 Å². The van der Waals surface area contributed by atoms with Crippen LogP contribution in [0.3, 0.4) is 0 Å². The lowest BCUT2D eigenvalue weighted by Crippen LogP contribution is -2.13. The second-order valence-electron chi connectivity index (χ2n) is 6.59. The van der Waals surface area contributed by atoms with Crippen LogP contribution in [0.15, 0.2) is 24.3 Å². The third-order valence-electron chi connectivity index (χ3n) is 4.58. The zero-order valence-electron chi connectivity index (χ0n) is 12.4. The molecule has 0 amide bonds. The Kier molecular flexibility index (Phi) is 5.42. The molecule has 0 nitrogen and oxygen atoms in total. The maximum absolute atomic E-state index is 12.9. The molecule has 0 atom stereocenters. The van der Waals surface area contributed by atoms with Crippen molar-refractivity contribution in [3.05, 3.63) is 35.6 Å². The number of rotatable bonds is 5. The van der Waals surface area contributed by atoms with Gasteiger partial charge in [-0.25, -0.2) is 4.39 Å². The van der Waals surface area contributed by atoms with Crippen molar-refractivity contribution in [1.29, 1.82) is 0 Å². The summed E-state index contributed by atoms with van der Waals surface area (Å²) < 4.78 is 12.9. The quantitative estimate of drug-likeness (QED) is 0.617. The summed E-state index contributed by atoms with van der Waals surface area (Å²) in [7, 11) is 0. The van der Waals surface area contributed by atoms with Gasteiger partial charge in [-0.3, -0.25) is 0 Å². The van der Waals surface area contributed by atoms with Crippen molar-refractivity contribution in [2.75, 3.05) is 0 Å². The van der Waals surface area contributed by atoms with Crippen LogP contribution in [0, 0.1) is 17.7 Å². The van der Waals surface area contributed by atoms with Crippen LogP contribution in [0.5, 0.6) is 0 Å². The van der Waals surface area contributed by atoms with Gasteiger partial charge in [-0.2, -0.15) is 0 Å². The summed E-state index contributed by atoms with van der Waals surface area (Å²) in [6.45, 7) is 4.62. The highest BCUT2D eigenvalue weighted by molar-refractivity contribution is 5.20. The van der Waals surface area contributed by atoms with Crippen LogP contribution >= 0.6 is 0 Å². The molecule has 1 heteroatoms. The van der Waals surface area contributed by atoms with Gasteiger partial charge in [0.25, 0.3) is 0 Å². The molecule has 19 heavy (non-hydrogen) atoms. The predicted octanol–water partition coefficient (Wildman–Crippen LogP) is 5.93. The summed E-state index contributed by atoms with van der Waals surface area (Å²) in [5.41, 5.74) is 1.34. The minimum Gasteiger partial charge on any atom is -0.207 e. The Morgan fingerprint density at radius 2 is 1.68 bits per heavy atom. The second-order valence-corrected chi connectivity index (χ2v) is 6.59. The first kappa shape index (κ1) is 14.6. The predicted molar refractivity (Wildman–Crippen MR) is 79.8 cm³/mol. The van der Waals surface area contributed by atoms with Gasteiger partial charge in [-0.15, -0.1) is 0 Å². The van der Waals surface area contributed by atoms with Gasteiger partial charge in [-0.1, -0.05) is 45.2 Å². The molecule has 0 N–H and O–H groups in total. The van der Waals surface area contributed by atoms with Crippen molar-refractivity contribution in [3.63, 3.8) is 0 Å². The van der Waals surface area contributed by atoms with Gasteiger partial charge in [0.05, 0.1) is 0 Å². The van der Waals surface area contributed by atoms with Crippen LogP contribution < -0.4 is 0 Å². The second kappa shape index (κ2) is 7.07.